The smallest absolute Gasteiger partial charge is 0.221 e. The van der Waals surface area contributed by atoms with Gasteiger partial charge < -0.3 is 25.5 Å². The Balaban J connectivity index is 2.24. The highest BCUT2D eigenvalue weighted by atomic mass is 16.5. The fourth-order valence-electron chi connectivity index (χ4n) is 4.13. The number of benzene rings is 1. The van der Waals surface area contributed by atoms with Crippen LogP contribution in [0.4, 0.5) is 5.69 Å². The van der Waals surface area contributed by atoms with Crippen LogP contribution in [0.5, 0.6) is 5.75 Å². The predicted molar refractivity (Wildman–Crippen MR) is 120 cm³/mol. The molecule has 1 atom stereocenters. The average Bonchev–Trinajstić information content (AvgIpc) is 2.74. The zero-order valence-electron chi connectivity index (χ0n) is 18.5. The van der Waals surface area contributed by atoms with Crippen molar-refractivity contribution < 1.29 is 14.3 Å². The summed E-state index contributed by atoms with van der Waals surface area (Å²) in [5.74, 6) is 1.05. The molecule has 2 rings (SSSR count). The van der Waals surface area contributed by atoms with Crippen LogP contribution in [0.1, 0.15) is 64.4 Å². The van der Waals surface area contributed by atoms with Crippen LogP contribution in [0.3, 0.4) is 0 Å². The molecular weight excluding hydrogens is 380 g/mol. The molecule has 4 N–H and O–H groups in total. The van der Waals surface area contributed by atoms with E-state index in [0.717, 1.165) is 37.5 Å². The monoisotopic (exact) mass is 416 g/mol. The fraction of sp³-hybridized carbons (Fsp3) is 0.609. The number of anilines is 1. The van der Waals surface area contributed by atoms with Crippen LogP contribution < -0.4 is 20.7 Å². The Hall–Kier alpha value is -2.57. The zero-order valence-corrected chi connectivity index (χ0v) is 18.5. The van der Waals surface area contributed by atoms with Crippen molar-refractivity contribution in [2.45, 2.75) is 70.8 Å². The lowest BCUT2D eigenvalue weighted by Gasteiger charge is -2.35. The molecule has 0 heterocycles. The van der Waals surface area contributed by atoms with Crippen LogP contribution in [0, 0.1) is 11.3 Å². The maximum atomic E-state index is 12.3. The van der Waals surface area contributed by atoms with Gasteiger partial charge >= 0.3 is 0 Å². The number of carbonyl (C=O) groups is 2. The van der Waals surface area contributed by atoms with Crippen molar-refractivity contribution in [1.29, 1.82) is 5.41 Å². The molecule has 30 heavy (non-hydrogen) atoms. The Bertz CT molecular complexity index is 731. The highest BCUT2D eigenvalue weighted by Crippen LogP contribution is 2.31. The van der Waals surface area contributed by atoms with E-state index in [1.807, 2.05) is 18.2 Å². The normalized spacial score (nSPS) is 16.2. The Kier molecular flexibility index (Phi) is 9.15. The Morgan fingerprint density at radius 1 is 1.30 bits per heavy atom. The first-order valence-corrected chi connectivity index (χ1v) is 11.0. The van der Waals surface area contributed by atoms with Crippen LogP contribution >= 0.6 is 0 Å². The van der Waals surface area contributed by atoms with Gasteiger partial charge in [0.15, 0.2) is 5.96 Å². The van der Waals surface area contributed by atoms with Gasteiger partial charge in [0, 0.05) is 25.7 Å². The van der Waals surface area contributed by atoms with Crippen molar-refractivity contribution in [3.63, 3.8) is 0 Å². The maximum absolute atomic E-state index is 12.3. The molecule has 0 aliphatic heterocycles. The first kappa shape index (κ1) is 23.7. The van der Waals surface area contributed by atoms with Gasteiger partial charge in [-0.05, 0) is 30.4 Å². The Morgan fingerprint density at radius 2 is 2.03 bits per heavy atom. The summed E-state index contributed by atoms with van der Waals surface area (Å²) in [5, 5.41) is 16.6. The number of amides is 1. The topological polar surface area (TPSA) is 103 Å². The summed E-state index contributed by atoms with van der Waals surface area (Å²) in [4.78, 5) is 23.7. The number of ether oxygens (including phenoxy) is 1. The number of aryl methyl sites for hydroxylation is 1. The molecule has 1 fully saturated rings. The standard InChI is InChI=1S/C23H36N4O3/c1-4-8-19-11-12-20(26-17(2)29)13-21(19)30-16-23(15-28,27-22(24)25-3)14-18-9-6-5-7-10-18/h11-13,15,18H,4-10,14,16H2,1-3H3,(H,26,29)(H3,24,25,27). The Labute approximate surface area is 179 Å². The summed E-state index contributed by atoms with van der Waals surface area (Å²) in [7, 11) is 1.66. The van der Waals surface area contributed by atoms with E-state index in [-0.39, 0.29) is 18.5 Å². The summed E-state index contributed by atoms with van der Waals surface area (Å²) in [6.07, 6.45) is 9.14. The minimum absolute atomic E-state index is 0.0993. The molecule has 1 aliphatic rings. The van der Waals surface area contributed by atoms with Crippen molar-refractivity contribution >= 4 is 23.8 Å². The minimum Gasteiger partial charge on any atom is -0.490 e. The molecule has 1 aromatic carbocycles. The number of hydrogen-bond donors (Lipinski definition) is 4. The lowest BCUT2D eigenvalue weighted by atomic mass is 9.80. The second kappa shape index (κ2) is 11.6. The molecule has 0 saturated heterocycles. The number of aldehydes is 1. The highest BCUT2D eigenvalue weighted by molar-refractivity contribution is 5.89. The van der Waals surface area contributed by atoms with Gasteiger partial charge in [-0.25, -0.2) is 0 Å². The van der Waals surface area contributed by atoms with Gasteiger partial charge in [-0.2, -0.15) is 0 Å². The minimum atomic E-state index is -0.977. The summed E-state index contributed by atoms with van der Waals surface area (Å²) in [6, 6.07) is 5.63. The van der Waals surface area contributed by atoms with E-state index in [0.29, 0.717) is 23.8 Å². The zero-order chi connectivity index (χ0) is 22.0. The molecule has 1 saturated carbocycles. The van der Waals surface area contributed by atoms with Gasteiger partial charge in [0.25, 0.3) is 0 Å². The van der Waals surface area contributed by atoms with Crippen LogP contribution in [0.2, 0.25) is 0 Å². The van der Waals surface area contributed by atoms with Crippen LogP contribution in [0.25, 0.3) is 0 Å². The fourth-order valence-corrected chi connectivity index (χ4v) is 4.13. The SMILES string of the molecule is CCCc1ccc(NC(C)=O)cc1OCC(C=O)(CC1CCCCC1)NC(=N)NC. The second-order valence-electron chi connectivity index (χ2n) is 8.27. The summed E-state index contributed by atoms with van der Waals surface area (Å²) in [5.41, 5.74) is 0.723. The van der Waals surface area contributed by atoms with Gasteiger partial charge in [0.05, 0.1) is 0 Å². The predicted octanol–water partition coefficient (Wildman–Crippen LogP) is 3.63. The number of hydrogen-bond acceptors (Lipinski definition) is 4. The molecule has 1 amide bonds. The second-order valence-corrected chi connectivity index (χ2v) is 8.27. The van der Waals surface area contributed by atoms with E-state index in [4.69, 9.17) is 10.1 Å². The molecule has 0 bridgehead atoms. The van der Waals surface area contributed by atoms with E-state index >= 15 is 0 Å². The van der Waals surface area contributed by atoms with E-state index in [2.05, 4.69) is 22.9 Å². The van der Waals surface area contributed by atoms with Crippen molar-refractivity contribution in [1.82, 2.24) is 10.6 Å². The lowest BCUT2D eigenvalue weighted by Crippen LogP contribution is -2.57. The van der Waals surface area contributed by atoms with E-state index < -0.39 is 5.54 Å². The molecule has 1 aliphatic carbocycles. The molecular formula is C23H36N4O3. The quantitative estimate of drug-likeness (QED) is 0.265. The number of carbonyl (C=O) groups excluding carboxylic acids is 2. The van der Waals surface area contributed by atoms with Crippen molar-refractivity contribution in [3.05, 3.63) is 23.8 Å². The largest absolute Gasteiger partial charge is 0.490 e. The van der Waals surface area contributed by atoms with Crippen molar-refractivity contribution in [2.75, 3.05) is 19.0 Å². The van der Waals surface area contributed by atoms with Gasteiger partial charge in [-0.3, -0.25) is 10.2 Å². The molecule has 166 valence electrons. The number of guanidine groups is 1. The van der Waals surface area contributed by atoms with E-state index in [9.17, 15) is 9.59 Å². The van der Waals surface area contributed by atoms with Gasteiger partial charge in [-0.15, -0.1) is 0 Å². The Morgan fingerprint density at radius 3 is 2.63 bits per heavy atom. The lowest BCUT2D eigenvalue weighted by molar-refractivity contribution is -0.115. The third kappa shape index (κ3) is 7.04. The average molecular weight is 417 g/mol. The first-order valence-electron chi connectivity index (χ1n) is 11.0. The van der Waals surface area contributed by atoms with E-state index in [1.165, 1.54) is 26.2 Å². The molecule has 0 radical (unpaired) electrons. The van der Waals surface area contributed by atoms with Crippen LogP contribution in [0.15, 0.2) is 18.2 Å². The maximum Gasteiger partial charge on any atom is 0.221 e. The number of nitrogens with one attached hydrogen (secondary N) is 4. The van der Waals surface area contributed by atoms with Crippen LogP contribution in [-0.4, -0.2) is 37.3 Å². The first-order chi connectivity index (χ1) is 14.4. The van der Waals surface area contributed by atoms with Gasteiger partial charge in [0.2, 0.25) is 5.91 Å². The van der Waals surface area contributed by atoms with Gasteiger partial charge in [-0.1, -0.05) is 51.5 Å². The van der Waals surface area contributed by atoms with Crippen LogP contribution in [-0.2, 0) is 16.0 Å². The van der Waals surface area contributed by atoms with Crippen molar-refractivity contribution in [2.24, 2.45) is 5.92 Å². The summed E-state index contributed by atoms with van der Waals surface area (Å²) >= 11 is 0. The molecule has 1 aromatic rings. The molecule has 0 spiro atoms. The third-order valence-electron chi connectivity index (χ3n) is 5.62. The summed E-state index contributed by atoms with van der Waals surface area (Å²) in [6.45, 7) is 3.69. The van der Waals surface area contributed by atoms with E-state index in [1.54, 1.807) is 7.05 Å². The summed E-state index contributed by atoms with van der Waals surface area (Å²) < 4.78 is 6.19. The number of rotatable bonds is 10. The van der Waals surface area contributed by atoms with Crippen molar-refractivity contribution in [3.8, 4) is 5.75 Å². The van der Waals surface area contributed by atoms with Gasteiger partial charge in [0.1, 0.15) is 24.2 Å². The molecule has 7 heteroatoms. The molecule has 0 aromatic heterocycles. The third-order valence-corrected chi connectivity index (χ3v) is 5.62. The molecule has 1 unspecified atom stereocenters. The molecule has 7 nitrogen and oxygen atoms in total. The highest BCUT2D eigenvalue weighted by Gasteiger charge is 2.35.